The van der Waals surface area contributed by atoms with Crippen LogP contribution in [-0.4, -0.2) is 11.8 Å². The molecule has 0 bridgehead atoms. The van der Waals surface area contributed by atoms with E-state index < -0.39 is 11.8 Å². The molecule has 1 aromatic rings. The Balaban J connectivity index is 2.89. The first kappa shape index (κ1) is 10.5. The van der Waals surface area contributed by atoms with E-state index >= 15 is 0 Å². The number of hydrogen-bond donors (Lipinski definition) is 2. The average molecular weight is 214 g/mol. The van der Waals surface area contributed by atoms with Crippen LogP contribution in [0.1, 0.15) is 0 Å². The molecule has 0 heterocycles. The Morgan fingerprint density at radius 1 is 1.21 bits per heavy atom. The number of hydrogen-bond acceptors (Lipinski definition) is 3. The lowest BCUT2D eigenvalue weighted by molar-refractivity contribution is -0.135. The number of carbonyl (C=O) groups excluding carboxylic acids is 2. The molecule has 1 rings (SSSR count). The summed E-state index contributed by atoms with van der Waals surface area (Å²) in [4.78, 5) is 21.5. The molecule has 0 saturated carbocycles. The van der Waals surface area contributed by atoms with Gasteiger partial charge in [-0.05, 0) is 24.3 Å². The van der Waals surface area contributed by atoms with Gasteiger partial charge in [-0.15, -0.1) is 0 Å². The van der Waals surface area contributed by atoms with Gasteiger partial charge in [0.15, 0.2) is 0 Å². The van der Waals surface area contributed by atoms with Crippen LogP contribution >= 0.6 is 11.6 Å². The molecule has 2 amide bonds. The van der Waals surface area contributed by atoms with Crippen molar-refractivity contribution in [2.75, 3.05) is 5.01 Å². The number of nitrogens with two attached hydrogens (primary N) is 2. The van der Waals surface area contributed by atoms with Gasteiger partial charge in [0.1, 0.15) is 0 Å². The van der Waals surface area contributed by atoms with E-state index in [1.54, 1.807) is 12.1 Å². The summed E-state index contributed by atoms with van der Waals surface area (Å²) in [5.74, 6) is 3.24. The minimum absolute atomic E-state index is 0.346. The summed E-state index contributed by atoms with van der Waals surface area (Å²) in [7, 11) is 0. The topological polar surface area (TPSA) is 89.4 Å². The third kappa shape index (κ3) is 2.21. The quantitative estimate of drug-likeness (QED) is 0.299. The summed E-state index contributed by atoms with van der Waals surface area (Å²) >= 11 is 5.62. The van der Waals surface area contributed by atoms with E-state index in [4.69, 9.17) is 23.2 Å². The predicted octanol–water partition coefficient (Wildman–Crippen LogP) is 0.0320. The van der Waals surface area contributed by atoms with Gasteiger partial charge >= 0.3 is 11.8 Å². The molecule has 14 heavy (non-hydrogen) atoms. The Bertz CT molecular complexity index is 363. The molecule has 1 aromatic carbocycles. The normalized spacial score (nSPS) is 9.57. The zero-order chi connectivity index (χ0) is 10.7. The second kappa shape index (κ2) is 4.08. The molecule has 4 N–H and O–H groups in total. The summed E-state index contributed by atoms with van der Waals surface area (Å²) in [6.07, 6.45) is 0. The van der Waals surface area contributed by atoms with E-state index in [1.165, 1.54) is 12.1 Å². The Morgan fingerprint density at radius 3 is 2.14 bits per heavy atom. The zero-order valence-corrected chi connectivity index (χ0v) is 7.86. The van der Waals surface area contributed by atoms with Gasteiger partial charge in [-0.25, -0.2) is 10.9 Å². The standard InChI is InChI=1S/C8H8ClN3O2/c9-5-1-3-6(4-2-5)12(11)8(14)7(10)13/h1-4H,11H2,(H2,10,13). The Kier molecular flexibility index (Phi) is 3.06. The number of primary amides is 1. The molecule has 0 unspecified atom stereocenters. The van der Waals surface area contributed by atoms with Gasteiger partial charge in [-0.2, -0.15) is 0 Å². The maximum Gasteiger partial charge on any atom is 0.330 e. The molecule has 6 heteroatoms. The first-order valence-electron chi connectivity index (χ1n) is 3.66. The lowest BCUT2D eigenvalue weighted by Crippen LogP contribution is -2.45. The van der Waals surface area contributed by atoms with Crippen molar-refractivity contribution in [1.82, 2.24) is 0 Å². The highest BCUT2D eigenvalue weighted by atomic mass is 35.5. The highest BCUT2D eigenvalue weighted by Gasteiger charge is 2.16. The number of nitrogens with zero attached hydrogens (tertiary/aromatic N) is 1. The van der Waals surface area contributed by atoms with E-state index in [-0.39, 0.29) is 0 Å². The second-order valence-corrected chi connectivity index (χ2v) is 2.95. The van der Waals surface area contributed by atoms with Crippen molar-refractivity contribution in [2.45, 2.75) is 0 Å². The number of rotatable bonds is 1. The van der Waals surface area contributed by atoms with Crippen molar-refractivity contribution < 1.29 is 9.59 Å². The van der Waals surface area contributed by atoms with E-state index in [2.05, 4.69) is 0 Å². The fourth-order valence-electron chi connectivity index (χ4n) is 0.838. The fourth-order valence-corrected chi connectivity index (χ4v) is 0.964. The van der Waals surface area contributed by atoms with Crippen LogP contribution in [0.3, 0.4) is 0 Å². The molecule has 0 aliphatic rings. The SMILES string of the molecule is NC(=O)C(=O)N(N)c1ccc(Cl)cc1. The van der Waals surface area contributed by atoms with Crippen LogP contribution < -0.4 is 16.6 Å². The zero-order valence-electron chi connectivity index (χ0n) is 7.11. The highest BCUT2D eigenvalue weighted by molar-refractivity contribution is 6.39. The summed E-state index contributed by atoms with van der Waals surface area (Å²) < 4.78 is 0. The first-order chi connectivity index (χ1) is 6.52. The maximum absolute atomic E-state index is 11.0. The number of benzene rings is 1. The van der Waals surface area contributed by atoms with E-state index in [0.717, 1.165) is 0 Å². The van der Waals surface area contributed by atoms with Crippen LogP contribution in [0, 0.1) is 0 Å². The number of carbonyl (C=O) groups is 2. The minimum Gasteiger partial charge on any atom is -0.361 e. The van der Waals surface area contributed by atoms with Crippen LogP contribution in [0.2, 0.25) is 5.02 Å². The largest absolute Gasteiger partial charge is 0.361 e. The van der Waals surface area contributed by atoms with Crippen LogP contribution in [0.15, 0.2) is 24.3 Å². The predicted molar refractivity (Wildman–Crippen MR) is 52.3 cm³/mol. The van der Waals surface area contributed by atoms with Gasteiger partial charge in [0, 0.05) is 5.02 Å². The molecule has 5 nitrogen and oxygen atoms in total. The molecule has 0 atom stereocenters. The lowest BCUT2D eigenvalue weighted by Gasteiger charge is -2.13. The third-order valence-electron chi connectivity index (χ3n) is 1.53. The van der Waals surface area contributed by atoms with Gasteiger partial charge in [-0.3, -0.25) is 9.59 Å². The molecular formula is C8H8ClN3O2. The van der Waals surface area contributed by atoms with Crippen molar-refractivity contribution in [1.29, 1.82) is 0 Å². The average Bonchev–Trinajstić information content (AvgIpc) is 2.16. The number of halogens is 1. The van der Waals surface area contributed by atoms with Gasteiger partial charge in [0.05, 0.1) is 5.69 Å². The molecule has 0 aromatic heterocycles. The second-order valence-electron chi connectivity index (χ2n) is 2.52. The van der Waals surface area contributed by atoms with E-state index in [0.29, 0.717) is 15.7 Å². The summed E-state index contributed by atoms with van der Waals surface area (Å²) in [5, 5.41) is 1.17. The van der Waals surface area contributed by atoms with Crippen LogP contribution in [-0.2, 0) is 9.59 Å². The summed E-state index contributed by atoms with van der Waals surface area (Å²) in [5.41, 5.74) is 5.11. The van der Waals surface area contributed by atoms with Crippen molar-refractivity contribution in [3.05, 3.63) is 29.3 Å². The third-order valence-corrected chi connectivity index (χ3v) is 1.79. The van der Waals surface area contributed by atoms with Gasteiger partial charge in [-0.1, -0.05) is 11.6 Å². The Morgan fingerprint density at radius 2 is 1.71 bits per heavy atom. The van der Waals surface area contributed by atoms with Gasteiger partial charge < -0.3 is 5.73 Å². The van der Waals surface area contributed by atoms with E-state index in [1.807, 2.05) is 0 Å². The Hall–Kier alpha value is -1.59. The number of hydrazine groups is 1. The lowest BCUT2D eigenvalue weighted by atomic mass is 10.3. The van der Waals surface area contributed by atoms with Crippen molar-refractivity contribution in [2.24, 2.45) is 11.6 Å². The summed E-state index contributed by atoms with van der Waals surface area (Å²) in [6, 6.07) is 6.10. The molecule has 0 fully saturated rings. The fraction of sp³-hybridized carbons (Fsp3) is 0. The van der Waals surface area contributed by atoms with Gasteiger partial charge in [0.2, 0.25) is 0 Å². The summed E-state index contributed by atoms with van der Waals surface area (Å²) in [6.45, 7) is 0. The van der Waals surface area contributed by atoms with Crippen molar-refractivity contribution in [3.8, 4) is 0 Å². The highest BCUT2D eigenvalue weighted by Crippen LogP contribution is 2.15. The number of amides is 2. The molecule has 74 valence electrons. The smallest absolute Gasteiger partial charge is 0.330 e. The van der Waals surface area contributed by atoms with Crippen LogP contribution in [0.25, 0.3) is 0 Å². The first-order valence-corrected chi connectivity index (χ1v) is 4.04. The van der Waals surface area contributed by atoms with Crippen molar-refractivity contribution >= 4 is 29.1 Å². The van der Waals surface area contributed by atoms with Crippen LogP contribution in [0.5, 0.6) is 0 Å². The minimum atomic E-state index is -1.11. The molecule has 0 aliphatic carbocycles. The molecule has 0 aliphatic heterocycles. The molecule has 0 saturated heterocycles. The monoisotopic (exact) mass is 213 g/mol. The molecule has 0 spiro atoms. The van der Waals surface area contributed by atoms with Crippen molar-refractivity contribution in [3.63, 3.8) is 0 Å². The maximum atomic E-state index is 11.0. The number of anilines is 1. The molecule has 0 radical (unpaired) electrons. The molecular weight excluding hydrogens is 206 g/mol. The van der Waals surface area contributed by atoms with E-state index in [9.17, 15) is 9.59 Å². The van der Waals surface area contributed by atoms with Crippen LogP contribution in [0.4, 0.5) is 5.69 Å². The van der Waals surface area contributed by atoms with Gasteiger partial charge in [0.25, 0.3) is 0 Å². The Labute approximate surface area is 85.2 Å².